The number of benzene rings is 1. The molecule has 0 N–H and O–H groups in total. The second-order valence-electron chi connectivity index (χ2n) is 4.91. The van der Waals surface area contributed by atoms with E-state index in [-0.39, 0.29) is 11.8 Å². The van der Waals surface area contributed by atoms with Gasteiger partial charge in [0, 0.05) is 31.0 Å². The van der Waals surface area contributed by atoms with Gasteiger partial charge in [0.05, 0.1) is 0 Å². The molecule has 1 atom stereocenters. The average molecular weight is 258 g/mol. The van der Waals surface area contributed by atoms with Crippen molar-refractivity contribution in [3.63, 3.8) is 0 Å². The van der Waals surface area contributed by atoms with Gasteiger partial charge in [-0.2, -0.15) is 0 Å². The Labute approximate surface area is 112 Å². The molecule has 0 bridgehead atoms. The standard InChI is InChI=1S/C14H18N4O/c15-17-16-10-13-9-14(19)18(11-13)8-4-7-12-5-2-1-3-6-12/h1-3,5-6,13H,4,7-11H2. The van der Waals surface area contributed by atoms with Crippen molar-refractivity contribution < 1.29 is 4.79 Å². The largest absolute Gasteiger partial charge is 0.342 e. The molecule has 1 aliphatic rings. The number of carbonyl (C=O) groups excluding carboxylic acids is 1. The van der Waals surface area contributed by atoms with Crippen molar-refractivity contribution in [2.24, 2.45) is 11.0 Å². The van der Waals surface area contributed by atoms with Crippen molar-refractivity contribution >= 4 is 5.91 Å². The summed E-state index contributed by atoms with van der Waals surface area (Å²) < 4.78 is 0. The minimum atomic E-state index is 0.186. The molecule has 1 amide bonds. The normalized spacial score (nSPS) is 18.4. The maximum absolute atomic E-state index is 11.8. The summed E-state index contributed by atoms with van der Waals surface area (Å²) in [6.45, 7) is 1.95. The number of hydrogen-bond donors (Lipinski definition) is 0. The zero-order valence-electron chi connectivity index (χ0n) is 10.9. The van der Waals surface area contributed by atoms with Gasteiger partial charge in [-0.05, 0) is 29.9 Å². The minimum absolute atomic E-state index is 0.186. The molecule has 0 saturated carbocycles. The highest BCUT2D eigenvalue weighted by Gasteiger charge is 2.28. The number of aryl methyl sites for hydroxylation is 1. The number of amides is 1. The molecular formula is C14H18N4O. The van der Waals surface area contributed by atoms with Crippen LogP contribution in [0, 0.1) is 5.92 Å². The third kappa shape index (κ3) is 4.00. The molecular weight excluding hydrogens is 240 g/mol. The van der Waals surface area contributed by atoms with E-state index in [1.165, 1.54) is 5.56 Å². The lowest BCUT2D eigenvalue weighted by Gasteiger charge is -2.16. The van der Waals surface area contributed by atoms with Gasteiger partial charge in [0.25, 0.3) is 0 Å². The maximum Gasteiger partial charge on any atom is 0.222 e. The Morgan fingerprint density at radius 1 is 1.37 bits per heavy atom. The summed E-state index contributed by atoms with van der Waals surface area (Å²) >= 11 is 0. The Morgan fingerprint density at radius 2 is 2.16 bits per heavy atom. The molecule has 19 heavy (non-hydrogen) atoms. The maximum atomic E-state index is 11.8. The van der Waals surface area contributed by atoms with E-state index in [2.05, 4.69) is 22.2 Å². The quantitative estimate of drug-likeness (QED) is 0.439. The zero-order chi connectivity index (χ0) is 13.5. The Morgan fingerprint density at radius 3 is 2.89 bits per heavy atom. The molecule has 0 spiro atoms. The summed E-state index contributed by atoms with van der Waals surface area (Å²) in [5.41, 5.74) is 9.59. The molecule has 1 unspecified atom stereocenters. The van der Waals surface area contributed by atoms with Gasteiger partial charge in [0.1, 0.15) is 0 Å². The Bertz CT molecular complexity index is 468. The molecule has 1 aromatic rings. The smallest absolute Gasteiger partial charge is 0.222 e. The van der Waals surface area contributed by atoms with E-state index >= 15 is 0 Å². The molecule has 5 nitrogen and oxygen atoms in total. The molecule has 0 aromatic heterocycles. The number of rotatable bonds is 6. The second-order valence-corrected chi connectivity index (χ2v) is 4.91. The fourth-order valence-electron chi connectivity index (χ4n) is 2.46. The van der Waals surface area contributed by atoms with Crippen LogP contribution in [-0.4, -0.2) is 30.4 Å². The van der Waals surface area contributed by atoms with E-state index in [0.29, 0.717) is 13.0 Å². The summed E-state index contributed by atoms with van der Waals surface area (Å²) in [4.78, 5) is 16.4. The molecule has 2 rings (SSSR count). The molecule has 0 radical (unpaired) electrons. The molecule has 5 heteroatoms. The van der Waals surface area contributed by atoms with Gasteiger partial charge in [0.2, 0.25) is 5.91 Å². The number of carbonyl (C=O) groups is 1. The Balaban J connectivity index is 1.74. The van der Waals surface area contributed by atoms with Gasteiger partial charge in [-0.1, -0.05) is 35.4 Å². The van der Waals surface area contributed by atoms with Crippen LogP contribution in [0.1, 0.15) is 18.4 Å². The third-order valence-corrected chi connectivity index (χ3v) is 3.43. The van der Waals surface area contributed by atoms with Crippen LogP contribution in [0.2, 0.25) is 0 Å². The summed E-state index contributed by atoms with van der Waals surface area (Å²) in [6.07, 6.45) is 2.49. The Hall–Kier alpha value is -2.00. The molecule has 100 valence electrons. The molecule has 1 saturated heterocycles. The first-order chi connectivity index (χ1) is 9.29. The van der Waals surface area contributed by atoms with Crippen LogP contribution < -0.4 is 0 Å². The van der Waals surface area contributed by atoms with Crippen LogP contribution in [0.5, 0.6) is 0 Å². The number of azide groups is 1. The third-order valence-electron chi connectivity index (χ3n) is 3.43. The van der Waals surface area contributed by atoms with Gasteiger partial charge < -0.3 is 4.90 Å². The summed E-state index contributed by atoms with van der Waals surface area (Å²) in [7, 11) is 0. The summed E-state index contributed by atoms with van der Waals surface area (Å²) in [6, 6.07) is 10.3. The van der Waals surface area contributed by atoms with Crippen LogP contribution in [0.3, 0.4) is 0 Å². The molecule has 1 aliphatic heterocycles. The van der Waals surface area contributed by atoms with Gasteiger partial charge in [-0.3, -0.25) is 4.79 Å². The van der Waals surface area contributed by atoms with Crippen LogP contribution in [-0.2, 0) is 11.2 Å². The van der Waals surface area contributed by atoms with E-state index in [9.17, 15) is 4.79 Å². The van der Waals surface area contributed by atoms with E-state index in [4.69, 9.17) is 5.53 Å². The van der Waals surface area contributed by atoms with Crippen molar-refractivity contribution in [3.8, 4) is 0 Å². The van der Waals surface area contributed by atoms with Crippen molar-refractivity contribution in [3.05, 3.63) is 46.3 Å². The second kappa shape index (κ2) is 6.81. The van der Waals surface area contributed by atoms with Crippen molar-refractivity contribution in [1.29, 1.82) is 0 Å². The van der Waals surface area contributed by atoms with Crippen molar-refractivity contribution in [2.75, 3.05) is 19.6 Å². The lowest BCUT2D eigenvalue weighted by molar-refractivity contribution is -0.127. The number of nitrogens with zero attached hydrogens (tertiary/aromatic N) is 4. The van der Waals surface area contributed by atoms with Crippen LogP contribution in [0.15, 0.2) is 35.4 Å². The molecule has 1 aromatic carbocycles. The predicted molar refractivity (Wildman–Crippen MR) is 73.5 cm³/mol. The Kier molecular flexibility index (Phi) is 4.81. The van der Waals surface area contributed by atoms with E-state index in [1.807, 2.05) is 23.1 Å². The van der Waals surface area contributed by atoms with E-state index in [0.717, 1.165) is 25.9 Å². The number of likely N-dealkylation sites (tertiary alicyclic amines) is 1. The van der Waals surface area contributed by atoms with Gasteiger partial charge >= 0.3 is 0 Å². The predicted octanol–water partition coefficient (Wildman–Crippen LogP) is 2.78. The molecule has 1 heterocycles. The van der Waals surface area contributed by atoms with Crippen molar-refractivity contribution in [2.45, 2.75) is 19.3 Å². The average Bonchev–Trinajstić information content (AvgIpc) is 2.78. The van der Waals surface area contributed by atoms with Gasteiger partial charge in [0.15, 0.2) is 0 Å². The molecule has 0 aliphatic carbocycles. The monoisotopic (exact) mass is 258 g/mol. The summed E-state index contributed by atoms with van der Waals surface area (Å²) in [5.74, 6) is 0.381. The van der Waals surface area contributed by atoms with E-state index < -0.39 is 0 Å². The molecule has 1 fully saturated rings. The SMILES string of the molecule is [N-]=[N+]=NCC1CC(=O)N(CCCc2ccccc2)C1. The highest BCUT2D eigenvalue weighted by atomic mass is 16.2. The van der Waals surface area contributed by atoms with Crippen LogP contribution >= 0.6 is 0 Å². The lowest BCUT2D eigenvalue weighted by atomic mass is 10.1. The van der Waals surface area contributed by atoms with Crippen molar-refractivity contribution in [1.82, 2.24) is 4.90 Å². The zero-order valence-corrected chi connectivity index (χ0v) is 10.9. The highest BCUT2D eigenvalue weighted by Crippen LogP contribution is 2.18. The fraction of sp³-hybridized carbons (Fsp3) is 0.500. The van der Waals surface area contributed by atoms with Crippen LogP contribution in [0.25, 0.3) is 10.4 Å². The first-order valence-electron chi connectivity index (χ1n) is 6.62. The lowest BCUT2D eigenvalue weighted by Crippen LogP contribution is -2.26. The highest BCUT2D eigenvalue weighted by molar-refractivity contribution is 5.78. The fourth-order valence-corrected chi connectivity index (χ4v) is 2.46. The topological polar surface area (TPSA) is 69.1 Å². The van der Waals surface area contributed by atoms with Crippen LogP contribution in [0.4, 0.5) is 0 Å². The van der Waals surface area contributed by atoms with E-state index in [1.54, 1.807) is 0 Å². The van der Waals surface area contributed by atoms with Gasteiger partial charge in [-0.15, -0.1) is 0 Å². The van der Waals surface area contributed by atoms with Gasteiger partial charge in [-0.25, -0.2) is 0 Å². The summed E-state index contributed by atoms with van der Waals surface area (Å²) in [5, 5.41) is 3.55. The first-order valence-corrected chi connectivity index (χ1v) is 6.62. The number of hydrogen-bond acceptors (Lipinski definition) is 2. The first kappa shape index (κ1) is 13.4. The minimum Gasteiger partial charge on any atom is -0.342 e.